The van der Waals surface area contributed by atoms with Crippen molar-refractivity contribution in [3.63, 3.8) is 0 Å². The van der Waals surface area contributed by atoms with Gasteiger partial charge in [-0.25, -0.2) is 0 Å². The Morgan fingerprint density at radius 1 is 1.31 bits per heavy atom. The first-order valence-electron chi connectivity index (χ1n) is 9.03. The molecule has 3 amide bonds. The van der Waals surface area contributed by atoms with Crippen molar-refractivity contribution in [2.45, 2.75) is 26.1 Å². The topological polar surface area (TPSA) is 105 Å². The molecule has 1 aromatic carbocycles. The molecule has 1 aromatic rings. The number of anilines is 2. The van der Waals surface area contributed by atoms with Crippen molar-refractivity contribution in [1.29, 1.82) is 0 Å². The highest BCUT2D eigenvalue weighted by Gasteiger charge is 2.37. The number of nitrogens with zero attached hydrogens (tertiary/aromatic N) is 2. The van der Waals surface area contributed by atoms with Gasteiger partial charge in [-0.15, -0.1) is 0 Å². The zero-order valence-corrected chi connectivity index (χ0v) is 16.1. The van der Waals surface area contributed by atoms with E-state index in [4.69, 9.17) is 10.5 Å². The molecule has 1 fully saturated rings. The minimum Gasteiger partial charge on any atom is -0.370 e. The minimum atomic E-state index is -4.80. The number of carbonyl (C=O) groups is 3. The summed E-state index contributed by atoms with van der Waals surface area (Å²) < 4.78 is 45.8. The molecule has 1 saturated heterocycles. The molecule has 11 heteroatoms. The van der Waals surface area contributed by atoms with Crippen molar-refractivity contribution in [2.75, 3.05) is 43.1 Å². The number of morpholine rings is 1. The molecule has 1 atom stereocenters. The van der Waals surface area contributed by atoms with Crippen LogP contribution in [-0.2, 0) is 25.3 Å². The predicted molar refractivity (Wildman–Crippen MR) is 99.1 cm³/mol. The lowest BCUT2D eigenvalue weighted by Crippen LogP contribution is -2.52. The number of benzene rings is 1. The number of amides is 3. The van der Waals surface area contributed by atoms with E-state index < -0.39 is 41.2 Å². The van der Waals surface area contributed by atoms with E-state index >= 15 is 0 Å². The molecule has 1 aliphatic rings. The number of nitrogens with one attached hydrogen (secondary N) is 1. The van der Waals surface area contributed by atoms with Crippen LogP contribution in [0.3, 0.4) is 0 Å². The molecule has 0 bridgehead atoms. The summed E-state index contributed by atoms with van der Waals surface area (Å²) in [6, 6.07) is 1.73. The van der Waals surface area contributed by atoms with Gasteiger partial charge in [0, 0.05) is 12.2 Å². The van der Waals surface area contributed by atoms with E-state index in [0.717, 1.165) is 12.1 Å². The largest absolute Gasteiger partial charge is 0.418 e. The summed E-state index contributed by atoms with van der Waals surface area (Å²) in [5.74, 6) is -2.38. The Kier molecular flexibility index (Phi) is 7.20. The van der Waals surface area contributed by atoms with Crippen LogP contribution in [0.15, 0.2) is 18.2 Å². The number of likely N-dealkylation sites (N-methyl/N-ethyl adjacent to an activating group) is 1. The summed E-state index contributed by atoms with van der Waals surface area (Å²) >= 11 is 0. The molecule has 0 aromatic heterocycles. The van der Waals surface area contributed by atoms with Crippen molar-refractivity contribution in [2.24, 2.45) is 5.73 Å². The van der Waals surface area contributed by atoms with Crippen molar-refractivity contribution >= 4 is 29.1 Å². The molecule has 0 spiro atoms. The number of rotatable bonds is 7. The standard InChI is InChI=1S/C18H23F3N4O4/c1-3-24(4-2)15(16(22)27)17(28)23-13-6-5-11(9-12(13)18(19,20)21)25-7-8-29-10-14(25)26/h5-6,9,15H,3-4,7-8,10H2,1-2H3,(H2,22,27)(H,23,28)/t15-/m1/s1. The Morgan fingerprint density at radius 2 is 1.97 bits per heavy atom. The molecular weight excluding hydrogens is 393 g/mol. The second kappa shape index (κ2) is 9.23. The lowest BCUT2D eigenvalue weighted by Gasteiger charge is -2.29. The summed E-state index contributed by atoms with van der Waals surface area (Å²) in [6.45, 7) is 4.11. The number of carbonyl (C=O) groups excluding carboxylic acids is 3. The fraction of sp³-hybridized carbons (Fsp3) is 0.500. The van der Waals surface area contributed by atoms with Crippen LogP contribution in [0, 0.1) is 0 Å². The summed E-state index contributed by atoms with van der Waals surface area (Å²) in [7, 11) is 0. The van der Waals surface area contributed by atoms with Gasteiger partial charge in [0.15, 0.2) is 6.04 Å². The van der Waals surface area contributed by atoms with E-state index in [1.54, 1.807) is 13.8 Å². The van der Waals surface area contributed by atoms with E-state index in [0.29, 0.717) is 13.1 Å². The van der Waals surface area contributed by atoms with E-state index in [9.17, 15) is 27.6 Å². The second-order valence-electron chi connectivity index (χ2n) is 6.34. The molecule has 0 unspecified atom stereocenters. The Bertz CT molecular complexity index is 781. The zero-order valence-electron chi connectivity index (χ0n) is 16.1. The molecule has 0 radical (unpaired) electrons. The molecule has 2 rings (SSSR count). The second-order valence-corrected chi connectivity index (χ2v) is 6.34. The van der Waals surface area contributed by atoms with Gasteiger partial charge in [0.2, 0.25) is 5.91 Å². The minimum absolute atomic E-state index is 0.0406. The van der Waals surface area contributed by atoms with Gasteiger partial charge in [-0.05, 0) is 31.3 Å². The normalized spacial score (nSPS) is 16.1. The molecule has 0 saturated carbocycles. The predicted octanol–water partition coefficient (Wildman–Crippen LogP) is 1.20. The Balaban J connectivity index is 2.37. The fourth-order valence-corrected chi connectivity index (χ4v) is 3.10. The van der Waals surface area contributed by atoms with Gasteiger partial charge < -0.3 is 20.7 Å². The van der Waals surface area contributed by atoms with E-state index in [1.807, 2.05) is 0 Å². The molecule has 160 valence electrons. The van der Waals surface area contributed by atoms with Crippen molar-refractivity contribution < 1.29 is 32.3 Å². The third-order valence-corrected chi connectivity index (χ3v) is 4.56. The number of ether oxygens (including phenoxy) is 1. The number of nitrogens with two attached hydrogens (primary N) is 1. The van der Waals surface area contributed by atoms with Gasteiger partial charge in [0.05, 0.1) is 17.9 Å². The fourth-order valence-electron chi connectivity index (χ4n) is 3.10. The number of halogens is 3. The van der Waals surface area contributed by atoms with E-state index in [1.165, 1.54) is 15.9 Å². The van der Waals surface area contributed by atoms with Crippen LogP contribution in [0.4, 0.5) is 24.5 Å². The average Bonchev–Trinajstić information content (AvgIpc) is 2.65. The summed E-state index contributed by atoms with van der Waals surface area (Å²) in [5, 5.41) is 2.16. The Labute approximate surface area is 165 Å². The average molecular weight is 416 g/mol. The first-order valence-corrected chi connectivity index (χ1v) is 9.03. The van der Waals surface area contributed by atoms with Crippen LogP contribution in [0.1, 0.15) is 19.4 Å². The SMILES string of the molecule is CCN(CC)[C@H](C(N)=O)C(=O)Nc1ccc(N2CCOCC2=O)cc1C(F)(F)F. The lowest BCUT2D eigenvalue weighted by molar-refractivity contribution is -0.137. The lowest BCUT2D eigenvalue weighted by atomic mass is 10.1. The van der Waals surface area contributed by atoms with Gasteiger partial charge in [0.25, 0.3) is 11.8 Å². The number of hydrogen-bond donors (Lipinski definition) is 2. The van der Waals surface area contributed by atoms with Crippen LogP contribution < -0.4 is 16.0 Å². The van der Waals surface area contributed by atoms with Crippen molar-refractivity contribution in [1.82, 2.24) is 4.90 Å². The monoisotopic (exact) mass is 416 g/mol. The van der Waals surface area contributed by atoms with E-state index in [2.05, 4.69) is 5.32 Å². The van der Waals surface area contributed by atoms with Gasteiger partial charge >= 0.3 is 6.18 Å². The number of hydrogen-bond acceptors (Lipinski definition) is 5. The number of primary amides is 1. The molecule has 1 aliphatic heterocycles. The molecule has 3 N–H and O–H groups in total. The molecule has 29 heavy (non-hydrogen) atoms. The third kappa shape index (κ3) is 5.24. The maximum Gasteiger partial charge on any atom is 0.418 e. The maximum absolute atomic E-state index is 13.6. The van der Waals surface area contributed by atoms with Gasteiger partial charge in [0.1, 0.15) is 6.61 Å². The first-order chi connectivity index (χ1) is 13.6. The molecule has 1 heterocycles. The molecule has 8 nitrogen and oxygen atoms in total. The molecule has 0 aliphatic carbocycles. The quantitative estimate of drug-likeness (QED) is 0.650. The van der Waals surface area contributed by atoms with Crippen LogP contribution in [0.5, 0.6) is 0 Å². The van der Waals surface area contributed by atoms with Crippen LogP contribution in [-0.4, -0.2) is 61.5 Å². The smallest absolute Gasteiger partial charge is 0.370 e. The summed E-state index contributed by atoms with van der Waals surface area (Å²) in [6.07, 6.45) is -4.80. The highest BCUT2D eigenvalue weighted by molar-refractivity contribution is 6.10. The highest BCUT2D eigenvalue weighted by atomic mass is 19.4. The number of alkyl halides is 3. The van der Waals surface area contributed by atoms with Gasteiger partial charge in [-0.1, -0.05) is 13.8 Å². The van der Waals surface area contributed by atoms with Crippen LogP contribution in [0.2, 0.25) is 0 Å². The molecular formula is C18H23F3N4O4. The van der Waals surface area contributed by atoms with Crippen molar-refractivity contribution in [3.05, 3.63) is 23.8 Å². The maximum atomic E-state index is 13.6. The van der Waals surface area contributed by atoms with Crippen LogP contribution in [0.25, 0.3) is 0 Å². The Hall–Kier alpha value is -2.66. The van der Waals surface area contributed by atoms with Crippen LogP contribution >= 0.6 is 0 Å². The van der Waals surface area contributed by atoms with E-state index in [-0.39, 0.29) is 25.4 Å². The Morgan fingerprint density at radius 3 is 2.48 bits per heavy atom. The highest BCUT2D eigenvalue weighted by Crippen LogP contribution is 2.37. The van der Waals surface area contributed by atoms with Gasteiger partial charge in [-0.2, -0.15) is 13.2 Å². The summed E-state index contributed by atoms with van der Waals surface area (Å²) in [5.41, 5.74) is 3.67. The summed E-state index contributed by atoms with van der Waals surface area (Å²) in [4.78, 5) is 38.8. The first kappa shape index (κ1) is 22.6. The zero-order chi connectivity index (χ0) is 21.8. The van der Waals surface area contributed by atoms with Crippen molar-refractivity contribution in [3.8, 4) is 0 Å². The third-order valence-electron chi connectivity index (χ3n) is 4.56. The van der Waals surface area contributed by atoms with Gasteiger partial charge in [-0.3, -0.25) is 19.3 Å².